The molecule has 0 saturated carbocycles. The third kappa shape index (κ3) is 4.29. The lowest BCUT2D eigenvalue weighted by atomic mass is 10.0. The maximum absolute atomic E-state index is 13.1. The van der Waals surface area contributed by atoms with E-state index in [0.29, 0.717) is 41.2 Å². The number of carbonyl (C=O) groups excluding carboxylic acids is 1. The lowest BCUT2D eigenvalue weighted by Crippen LogP contribution is -2.38. The number of sulfonamides is 1. The first-order valence-corrected chi connectivity index (χ1v) is 11.3. The fraction of sp³-hybridized carbons (Fsp3) is 0.450. The molecule has 0 spiro atoms. The highest BCUT2D eigenvalue weighted by molar-refractivity contribution is 7.89. The number of hydrogen-bond acceptors (Lipinski definition) is 4. The highest BCUT2D eigenvalue weighted by atomic mass is 35.5. The van der Waals surface area contributed by atoms with E-state index in [1.807, 2.05) is 0 Å². The van der Waals surface area contributed by atoms with Gasteiger partial charge in [0.25, 0.3) is 5.91 Å². The van der Waals surface area contributed by atoms with E-state index in [-0.39, 0.29) is 10.6 Å². The summed E-state index contributed by atoms with van der Waals surface area (Å²) in [5.74, 6) is 0.543. The largest absolute Gasteiger partial charge is 0.495 e. The number of hydrogen-bond donors (Lipinski definition) is 1. The van der Waals surface area contributed by atoms with E-state index in [1.54, 1.807) is 36.7 Å². The number of ether oxygens (including phenoxy) is 1. The van der Waals surface area contributed by atoms with Crippen LogP contribution in [0.1, 0.15) is 35.9 Å². The quantitative estimate of drug-likeness (QED) is 0.770. The van der Waals surface area contributed by atoms with Gasteiger partial charge < -0.3 is 14.6 Å². The number of nitrogens with one attached hydrogen (secondary N) is 1. The van der Waals surface area contributed by atoms with Gasteiger partial charge in [0.1, 0.15) is 16.3 Å². The van der Waals surface area contributed by atoms with Crippen LogP contribution in [0.25, 0.3) is 0 Å². The van der Waals surface area contributed by atoms with E-state index in [2.05, 4.69) is 12.2 Å². The van der Waals surface area contributed by atoms with Crippen LogP contribution >= 0.6 is 11.6 Å². The topological polar surface area (TPSA) is 80.6 Å². The number of anilines is 1. The molecule has 1 aliphatic heterocycles. The zero-order chi connectivity index (χ0) is 21.3. The first kappa shape index (κ1) is 21.7. The minimum Gasteiger partial charge on any atom is -0.495 e. The van der Waals surface area contributed by atoms with Crippen molar-refractivity contribution in [2.75, 3.05) is 25.5 Å². The molecule has 0 atom stereocenters. The van der Waals surface area contributed by atoms with Crippen molar-refractivity contribution in [2.45, 2.75) is 31.6 Å². The molecule has 0 aliphatic carbocycles. The number of piperidine rings is 1. The molecule has 1 aromatic carbocycles. The SMILES string of the molecule is COc1ccc(Cl)cc1NC(=O)c1cc(S(=O)(=O)N2CCC(C)CC2)c(C)n1C. The molecule has 0 radical (unpaired) electrons. The summed E-state index contributed by atoms with van der Waals surface area (Å²) in [5.41, 5.74) is 1.18. The van der Waals surface area contributed by atoms with Gasteiger partial charge in [0.05, 0.1) is 12.8 Å². The minimum absolute atomic E-state index is 0.165. The number of amides is 1. The molecule has 1 aromatic heterocycles. The third-order valence-electron chi connectivity index (χ3n) is 5.49. The van der Waals surface area contributed by atoms with Gasteiger partial charge in [0.15, 0.2) is 0 Å². The Labute approximate surface area is 176 Å². The van der Waals surface area contributed by atoms with Crippen LogP contribution in [0.15, 0.2) is 29.2 Å². The molecule has 1 amide bonds. The molecule has 1 fully saturated rings. The Morgan fingerprint density at radius 3 is 2.52 bits per heavy atom. The van der Waals surface area contributed by atoms with Gasteiger partial charge in [-0.2, -0.15) is 4.31 Å². The molecule has 7 nitrogen and oxygen atoms in total. The lowest BCUT2D eigenvalue weighted by molar-refractivity contribution is 0.101. The number of aromatic nitrogens is 1. The van der Waals surface area contributed by atoms with Crippen LogP contribution in [-0.4, -0.2) is 43.4 Å². The summed E-state index contributed by atoms with van der Waals surface area (Å²) in [6.45, 7) is 4.83. The van der Waals surface area contributed by atoms with Crippen molar-refractivity contribution in [2.24, 2.45) is 13.0 Å². The highest BCUT2D eigenvalue weighted by Crippen LogP contribution is 2.30. The van der Waals surface area contributed by atoms with Gasteiger partial charge in [0, 0.05) is 30.9 Å². The first-order valence-electron chi connectivity index (χ1n) is 9.46. The van der Waals surface area contributed by atoms with Crippen LogP contribution in [0.3, 0.4) is 0 Å². The Kier molecular flexibility index (Phi) is 6.26. The van der Waals surface area contributed by atoms with Crippen molar-refractivity contribution < 1.29 is 17.9 Å². The summed E-state index contributed by atoms with van der Waals surface area (Å²) in [5, 5.41) is 3.21. The van der Waals surface area contributed by atoms with E-state index in [0.717, 1.165) is 12.8 Å². The molecule has 9 heteroatoms. The van der Waals surface area contributed by atoms with Crippen LogP contribution in [0, 0.1) is 12.8 Å². The Bertz CT molecular complexity index is 1020. The van der Waals surface area contributed by atoms with Crippen LogP contribution in [0.2, 0.25) is 5.02 Å². The van der Waals surface area contributed by atoms with Crippen molar-refractivity contribution in [1.82, 2.24) is 8.87 Å². The van der Waals surface area contributed by atoms with E-state index in [4.69, 9.17) is 16.3 Å². The fourth-order valence-corrected chi connectivity index (χ4v) is 5.39. The number of nitrogens with zero attached hydrogens (tertiary/aromatic N) is 2. The standard InChI is InChI=1S/C20H26ClN3O4S/c1-13-7-9-24(10-8-13)29(26,27)19-12-17(23(3)14(19)2)20(25)22-16-11-15(21)5-6-18(16)28-4/h5-6,11-13H,7-10H2,1-4H3,(H,22,25). The van der Waals surface area contributed by atoms with E-state index in [1.165, 1.54) is 17.5 Å². The van der Waals surface area contributed by atoms with Crippen molar-refractivity contribution in [1.29, 1.82) is 0 Å². The molecule has 0 bridgehead atoms. The highest BCUT2D eigenvalue weighted by Gasteiger charge is 2.32. The van der Waals surface area contributed by atoms with Crippen molar-refractivity contribution in [3.8, 4) is 5.75 Å². The van der Waals surface area contributed by atoms with E-state index >= 15 is 0 Å². The van der Waals surface area contributed by atoms with Crippen molar-refractivity contribution in [3.05, 3.63) is 40.7 Å². The fourth-order valence-electron chi connectivity index (χ4n) is 3.48. The first-order chi connectivity index (χ1) is 13.6. The van der Waals surface area contributed by atoms with Crippen LogP contribution in [0.5, 0.6) is 5.75 Å². The normalized spacial score (nSPS) is 16.0. The Morgan fingerprint density at radius 2 is 1.90 bits per heavy atom. The lowest BCUT2D eigenvalue weighted by Gasteiger charge is -2.29. The molecule has 2 heterocycles. The van der Waals surface area contributed by atoms with Gasteiger partial charge in [-0.15, -0.1) is 0 Å². The Balaban J connectivity index is 1.91. The number of methoxy groups -OCH3 is 1. The van der Waals surface area contributed by atoms with Crippen LogP contribution < -0.4 is 10.1 Å². The van der Waals surface area contributed by atoms with Crippen molar-refractivity contribution in [3.63, 3.8) is 0 Å². The average Bonchev–Trinajstić information content (AvgIpc) is 2.98. The average molecular weight is 440 g/mol. The summed E-state index contributed by atoms with van der Waals surface area (Å²) < 4.78 is 34.7. The molecular formula is C20H26ClN3O4S. The smallest absolute Gasteiger partial charge is 0.272 e. The van der Waals surface area contributed by atoms with Gasteiger partial charge in [-0.05, 0) is 49.9 Å². The molecule has 158 valence electrons. The summed E-state index contributed by atoms with van der Waals surface area (Å²) >= 11 is 6.02. The summed E-state index contributed by atoms with van der Waals surface area (Å²) in [4.78, 5) is 13.1. The predicted molar refractivity (Wildman–Crippen MR) is 113 cm³/mol. The molecular weight excluding hydrogens is 414 g/mol. The van der Waals surface area contributed by atoms with Crippen LogP contribution in [0.4, 0.5) is 5.69 Å². The second kappa shape index (κ2) is 8.38. The zero-order valence-corrected chi connectivity index (χ0v) is 18.6. The molecule has 1 aliphatic rings. The number of carbonyl (C=O) groups is 1. The zero-order valence-electron chi connectivity index (χ0n) is 17.0. The minimum atomic E-state index is -3.66. The second-order valence-corrected chi connectivity index (χ2v) is 9.77. The molecule has 1 N–H and O–H groups in total. The summed E-state index contributed by atoms with van der Waals surface area (Å²) in [6, 6.07) is 6.34. The Hall–Kier alpha value is -2.03. The van der Waals surface area contributed by atoms with Crippen molar-refractivity contribution >= 4 is 33.2 Å². The predicted octanol–water partition coefficient (Wildman–Crippen LogP) is 3.67. The second-order valence-electron chi connectivity index (χ2n) is 7.42. The molecule has 1 saturated heterocycles. The maximum Gasteiger partial charge on any atom is 0.272 e. The molecule has 2 aromatic rings. The van der Waals surface area contributed by atoms with Crippen LogP contribution in [-0.2, 0) is 17.1 Å². The number of benzene rings is 1. The molecule has 0 unspecified atom stereocenters. The number of halogens is 1. The molecule has 29 heavy (non-hydrogen) atoms. The van der Waals surface area contributed by atoms with Gasteiger partial charge >= 0.3 is 0 Å². The third-order valence-corrected chi connectivity index (χ3v) is 7.74. The Morgan fingerprint density at radius 1 is 1.24 bits per heavy atom. The van der Waals surface area contributed by atoms with E-state index in [9.17, 15) is 13.2 Å². The summed E-state index contributed by atoms with van der Waals surface area (Å²) in [6.07, 6.45) is 1.68. The van der Waals surface area contributed by atoms with Gasteiger partial charge in [-0.3, -0.25) is 4.79 Å². The maximum atomic E-state index is 13.1. The molecule has 3 rings (SSSR count). The van der Waals surface area contributed by atoms with Gasteiger partial charge in [0.2, 0.25) is 10.0 Å². The monoisotopic (exact) mass is 439 g/mol. The van der Waals surface area contributed by atoms with Gasteiger partial charge in [-0.1, -0.05) is 18.5 Å². The van der Waals surface area contributed by atoms with E-state index < -0.39 is 15.9 Å². The number of rotatable bonds is 5. The van der Waals surface area contributed by atoms with Gasteiger partial charge in [-0.25, -0.2) is 8.42 Å². The summed E-state index contributed by atoms with van der Waals surface area (Å²) in [7, 11) is -0.484.